The lowest BCUT2D eigenvalue weighted by Crippen LogP contribution is -2.13. The van der Waals surface area contributed by atoms with Gasteiger partial charge in [0.15, 0.2) is 0 Å². The fourth-order valence-corrected chi connectivity index (χ4v) is 3.04. The summed E-state index contributed by atoms with van der Waals surface area (Å²) in [7, 11) is 0. The third kappa shape index (κ3) is 5.61. The summed E-state index contributed by atoms with van der Waals surface area (Å²) in [6.45, 7) is 2.28. The molecule has 0 saturated heterocycles. The zero-order valence-corrected chi connectivity index (χ0v) is 9.87. The number of hydrogen-bond donors (Lipinski definition) is 0. The molecular formula is C12H24S. The van der Waals surface area contributed by atoms with Crippen LogP contribution in [0.2, 0.25) is 0 Å². The van der Waals surface area contributed by atoms with E-state index in [-0.39, 0.29) is 0 Å². The minimum atomic E-state index is 1.05. The molecule has 0 aromatic heterocycles. The van der Waals surface area contributed by atoms with Gasteiger partial charge in [-0.25, -0.2) is 0 Å². The number of hydrogen-bond acceptors (Lipinski definition) is 1. The summed E-state index contributed by atoms with van der Waals surface area (Å²) < 4.78 is 0. The Bertz CT molecular complexity index is 108. The van der Waals surface area contributed by atoms with E-state index < -0.39 is 0 Å². The van der Waals surface area contributed by atoms with Gasteiger partial charge in [-0.15, -0.1) is 0 Å². The Morgan fingerprint density at radius 2 is 1.69 bits per heavy atom. The zero-order chi connectivity index (χ0) is 9.36. The maximum atomic E-state index is 2.28. The average molecular weight is 200 g/mol. The second-order valence-electron chi connectivity index (χ2n) is 4.19. The van der Waals surface area contributed by atoms with Crippen molar-refractivity contribution >= 4 is 11.8 Å². The third-order valence-corrected chi connectivity index (χ3v) is 4.37. The van der Waals surface area contributed by atoms with E-state index in [0.29, 0.717) is 0 Å². The molecule has 78 valence electrons. The molecule has 0 aromatic rings. The van der Waals surface area contributed by atoms with E-state index >= 15 is 0 Å². The summed E-state index contributed by atoms with van der Waals surface area (Å²) in [5, 5.41) is 1.05. The molecule has 1 saturated carbocycles. The van der Waals surface area contributed by atoms with Crippen molar-refractivity contribution in [2.45, 2.75) is 70.0 Å². The van der Waals surface area contributed by atoms with E-state index in [0.717, 1.165) is 5.25 Å². The van der Waals surface area contributed by atoms with E-state index in [1.807, 2.05) is 0 Å². The molecule has 0 aliphatic heterocycles. The fraction of sp³-hybridized carbons (Fsp3) is 1.00. The molecule has 1 aliphatic rings. The van der Waals surface area contributed by atoms with Crippen LogP contribution in [0.5, 0.6) is 0 Å². The van der Waals surface area contributed by atoms with E-state index in [2.05, 4.69) is 18.7 Å². The summed E-state index contributed by atoms with van der Waals surface area (Å²) in [6, 6.07) is 0. The number of thioether (sulfide) groups is 1. The van der Waals surface area contributed by atoms with Crippen LogP contribution in [0.25, 0.3) is 0 Å². The molecule has 0 atom stereocenters. The smallest absolute Gasteiger partial charge is 0.00470 e. The summed E-state index contributed by atoms with van der Waals surface area (Å²) in [5.74, 6) is 1.43. The highest BCUT2D eigenvalue weighted by Crippen LogP contribution is 2.31. The van der Waals surface area contributed by atoms with Crippen LogP contribution in [0.15, 0.2) is 0 Å². The Morgan fingerprint density at radius 3 is 2.31 bits per heavy atom. The van der Waals surface area contributed by atoms with Crippen LogP contribution in [0.3, 0.4) is 0 Å². The van der Waals surface area contributed by atoms with Gasteiger partial charge < -0.3 is 0 Å². The Labute approximate surface area is 87.9 Å². The van der Waals surface area contributed by atoms with Gasteiger partial charge in [0.05, 0.1) is 0 Å². The van der Waals surface area contributed by atoms with E-state index in [9.17, 15) is 0 Å². The minimum Gasteiger partial charge on any atom is -0.159 e. The molecular weight excluding hydrogens is 176 g/mol. The first kappa shape index (κ1) is 11.4. The third-order valence-electron chi connectivity index (χ3n) is 2.90. The summed E-state index contributed by atoms with van der Waals surface area (Å²) in [4.78, 5) is 0. The zero-order valence-electron chi connectivity index (χ0n) is 9.06. The molecule has 1 aliphatic carbocycles. The van der Waals surface area contributed by atoms with Crippen molar-refractivity contribution in [2.75, 3.05) is 5.75 Å². The molecule has 0 bridgehead atoms. The van der Waals surface area contributed by atoms with Gasteiger partial charge in [0.2, 0.25) is 0 Å². The lowest BCUT2D eigenvalue weighted by molar-refractivity contribution is 0.521. The van der Waals surface area contributed by atoms with Crippen LogP contribution >= 0.6 is 11.8 Å². The van der Waals surface area contributed by atoms with Crippen LogP contribution in [0, 0.1) is 0 Å². The highest BCUT2D eigenvalue weighted by molar-refractivity contribution is 7.99. The van der Waals surface area contributed by atoms with Gasteiger partial charge in [0.25, 0.3) is 0 Å². The van der Waals surface area contributed by atoms with Crippen molar-refractivity contribution < 1.29 is 0 Å². The molecule has 0 N–H and O–H groups in total. The molecule has 0 aromatic carbocycles. The maximum Gasteiger partial charge on any atom is 0.00470 e. The Balaban J connectivity index is 1.68. The van der Waals surface area contributed by atoms with Gasteiger partial charge in [-0.2, -0.15) is 11.8 Å². The maximum absolute atomic E-state index is 2.28. The molecule has 0 spiro atoms. The molecule has 0 amide bonds. The van der Waals surface area contributed by atoms with Crippen LogP contribution in [0.1, 0.15) is 64.7 Å². The topological polar surface area (TPSA) is 0 Å². The van der Waals surface area contributed by atoms with Crippen molar-refractivity contribution in [1.82, 2.24) is 0 Å². The Kier molecular flexibility index (Phi) is 6.79. The van der Waals surface area contributed by atoms with Crippen LogP contribution < -0.4 is 0 Å². The molecule has 1 heteroatoms. The fourth-order valence-electron chi connectivity index (χ4n) is 1.67. The van der Waals surface area contributed by atoms with Crippen molar-refractivity contribution in [1.29, 1.82) is 0 Å². The lowest BCUT2D eigenvalue weighted by atomic mass is 10.0. The molecule has 0 unspecified atom stereocenters. The average Bonchev–Trinajstić information content (AvgIpc) is 2.07. The highest BCUT2D eigenvalue weighted by Gasteiger charge is 2.16. The second-order valence-corrected chi connectivity index (χ2v) is 5.60. The SMILES string of the molecule is CCCCCCCCSC1CCC1. The van der Waals surface area contributed by atoms with Gasteiger partial charge >= 0.3 is 0 Å². The molecule has 0 radical (unpaired) electrons. The van der Waals surface area contributed by atoms with Gasteiger partial charge in [-0.3, -0.25) is 0 Å². The number of unbranched alkanes of at least 4 members (excludes halogenated alkanes) is 5. The summed E-state index contributed by atoms with van der Waals surface area (Å²) >= 11 is 2.23. The molecule has 0 nitrogen and oxygen atoms in total. The monoisotopic (exact) mass is 200 g/mol. The molecule has 0 heterocycles. The molecule has 1 fully saturated rings. The van der Waals surface area contributed by atoms with Gasteiger partial charge in [-0.1, -0.05) is 45.4 Å². The Hall–Kier alpha value is 0.350. The van der Waals surface area contributed by atoms with Crippen LogP contribution in [-0.2, 0) is 0 Å². The van der Waals surface area contributed by atoms with Crippen molar-refractivity contribution in [2.24, 2.45) is 0 Å². The molecule has 1 rings (SSSR count). The minimum absolute atomic E-state index is 1.05. The quantitative estimate of drug-likeness (QED) is 0.515. The Morgan fingerprint density at radius 1 is 1.00 bits per heavy atom. The molecule has 13 heavy (non-hydrogen) atoms. The van der Waals surface area contributed by atoms with Crippen molar-refractivity contribution in [3.05, 3.63) is 0 Å². The van der Waals surface area contributed by atoms with Crippen LogP contribution in [0.4, 0.5) is 0 Å². The van der Waals surface area contributed by atoms with E-state index in [1.54, 1.807) is 0 Å². The van der Waals surface area contributed by atoms with Gasteiger partial charge in [-0.05, 0) is 25.0 Å². The largest absolute Gasteiger partial charge is 0.159 e. The first-order valence-electron chi connectivity index (χ1n) is 6.05. The number of rotatable bonds is 8. The van der Waals surface area contributed by atoms with Gasteiger partial charge in [0.1, 0.15) is 0 Å². The van der Waals surface area contributed by atoms with Crippen molar-refractivity contribution in [3.63, 3.8) is 0 Å². The first-order valence-corrected chi connectivity index (χ1v) is 7.10. The lowest BCUT2D eigenvalue weighted by Gasteiger charge is -2.24. The van der Waals surface area contributed by atoms with E-state index in [1.165, 1.54) is 63.5 Å². The van der Waals surface area contributed by atoms with Crippen LogP contribution in [-0.4, -0.2) is 11.0 Å². The predicted octanol–water partition coefficient (Wildman–Crippen LogP) is 4.63. The first-order chi connectivity index (χ1) is 6.43. The summed E-state index contributed by atoms with van der Waals surface area (Å²) in [5.41, 5.74) is 0. The van der Waals surface area contributed by atoms with Crippen molar-refractivity contribution in [3.8, 4) is 0 Å². The summed E-state index contributed by atoms with van der Waals surface area (Å²) in [6.07, 6.45) is 13.2. The standard InChI is InChI=1S/C12H24S/c1-2-3-4-5-6-7-11-13-12-9-8-10-12/h12H,2-11H2,1H3. The predicted molar refractivity (Wildman–Crippen MR) is 63.5 cm³/mol. The highest BCUT2D eigenvalue weighted by atomic mass is 32.2. The van der Waals surface area contributed by atoms with Gasteiger partial charge in [0, 0.05) is 5.25 Å². The normalized spacial score (nSPS) is 17.3. The van der Waals surface area contributed by atoms with E-state index in [4.69, 9.17) is 0 Å². The second kappa shape index (κ2) is 7.73.